The monoisotopic (exact) mass is 428 g/mol. The molecule has 0 radical (unpaired) electrons. The number of carbonyl (C=O) groups excluding carboxylic acids is 2. The smallest absolute Gasteiger partial charge is 0.251 e. The molecule has 0 aromatic heterocycles. The number of hydrogen-bond donors (Lipinski definition) is 1. The fourth-order valence-corrected chi connectivity index (χ4v) is 5.80. The Hall–Kier alpha value is -2.55. The maximum absolute atomic E-state index is 13.0. The number of benzene rings is 2. The highest BCUT2D eigenvalue weighted by atomic mass is 32.2. The molecule has 2 heterocycles. The van der Waals surface area contributed by atoms with Gasteiger partial charge in [0.25, 0.3) is 5.91 Å². The van der Waals surface area contributed by atoms with Gasteiger partial charge in [-0.25, -0.2) is 8.42 Å². The number of nitrogens with one attached hydrogen (secondary N) is 1. The largest absolute Gasteiger partial charge is 0.373 e. The minimum absolute atomic E-state index is 0.0179. The van der Waals surface area contributed by atoms with Crippen molar-refractivity contribution in [1.29, 1.82) is 0 Å². The number of ketones is 1. The molecule has 8 heteroatoms. The van der Waals surface area contributed by atoms with E-state index in [4.69, 9.17) is 4.74 Å². The molecule has 7 nitrogen and oxygen atoms in total. The van der Waals surface area contributed by atoms with Crippen molar-refractivity contribution < 1.29 is 22.7 Å². The molecule has 1 N–H and O–H groups in total. The van der Waals surface area contributed by atoms with E-state index in [2.05, 4.69) is 10.2 Å². The lowest BCUT2D eigenvalue weighted by molar-refractivity contribution is -0.0672. The number of fused-ring (bicyclic) bond motifs is 2. The summed E-state index contributed by atoms with van der Waals surface area (Å²) in [5.74, 6) is -0.716. The molecule has 30 heavy (non-hydrogen) atoms. The first-order valence-electron chi connectivity index (χ1n) is 9.96. The van der Waals surface area contributed by atoms with Crippen molar-refractivity contribution in [3.05, 3.63) is 59.2 Å². The molecule has 0 bridgehead atoms. The third-order valence-electron chi connectivity index (χ3n) is 5.41. The fraction of sp³-hybridized carbons (Fsp3) is 0.364. The van der Waals surface area contributed by atoms with E-state index >= 15 is 0 Å². The van der Waals surface area contributed by atoms with Gasteiger partial charge in [-0.05, 0) is 44.2 Å². The van der Waals surface area contributed by atoms with E-state index in [1.807, 2.05) is 13.8 Å². The van der Waals surface area contributed by atoms with Gasteiger partial charge in [0, 0.05) is 42.9 Å². The van der Waals surface area contributed by atoms with Crippen molar-refractivity contribution in [1.82, 2.24) is 10.2 Å². The van der Waals surface area contributed by atoms with E-state index in [-0.39, 0.29) is 50.4 Å². The van der Waals surface area contributed by atoms with Gasteiger partial charge in [-0.15, -0.1) is 0 Å². The lowest BCUT2D eigenvalue weighted by Crippen LogP contribution is -2.47. The molecular formula is C22H24N2O5S. The Bertz CT molecular complexity index is 1100. The van der Waals surface area contributed by atoms with Gasteiger partial charge < -0.3 is 10.1 Å². The van der Waals surface area contributed by atoms with Crippen LogP contribution in [-0.2, 0) is 14.6 Å². The molecular weight excluding hydrogens is 404 g/mol. The van der Waals surface area contributed by atoms with E-state index < -0.39 is 9.84 Å². The fourth-order valence-electron chi connectivity index (χ4n) is 4.12. The van der Waals surface area contributed by atoms with Crippen molar-refractivity contribution in [3.8, 4) is 0 Å². The molecule has 2 aliphatic heterocycles. The summed E-state index contributed by atoms with van der Waals surface area (Å²) in [6.45, 7) is 6.77. The summed E-state index contributed by atoms with van der Waals surface area (Å²) in [4.78, 5) is 27.4. The Morgan fingerprint density at radius 3 is 2.47 bits per heavy atom. The quantitative estimate of drug-likeness (QED) is 0.682. The predicted octanol–water partition coefficient (Wildman–Crippen LogP) is 1.90. The molecule has 1 saturated heterocycles. The number of nitrogens with zero attached hydrogens (tertiary/aromatic N) is 1. The van der Waals surface area contributed by atoms with Crippen molar-refractivity contribution in [2.75, 3.05) is 26.2 Å². The predicted molar refractivity (Wildman–Crippen MR) is 111 cm³/mol. The highest BCUT2D eigenvalue weighted by Crippen LogP contribution is 2.34. The highest BCUT2D eigenvalue weighted by Gasteiger charge is 2.35. The molecule has 2 aromatic carbocycles. The van der Waals surface area contributed by atoms with Crippen LogP contribution < -0.4 is 5.32 Å². The van der Waals surface area contributed by atoms with Gasteiger partial charge in [-0.2, -0.15) is 0 Å². The third-order valence-corrected chi connectivity index (χ3v) is 7.26. The summed E-state index contributed by atoms with van der Waals surface area (Å²) in [5.41, 5.74) is 0.478. The molecule has 2 aromatic rings. The van der Waals surface area contributed by atoms with Crippen molar-refractivity contribution in [3.63, 3.8) is 0 Å². The summed E-state index contributed by atoms with van der Waals surface area (Å²) in [6.07, 6.45) is 0.298. The van der Waals surface area contributed by atoms with Crippen LogP contribution in [0.25, 0.3) is 0 Å². The minimum atomic E-state index is -3.86. The molecule has 2 unspecified atom stereocenters. The Morgan fingerprint density at radius 2 is 1.73 bits per heavy atom. The first-order valence-corrected chi connectivity index (χ1v) is 11.4. The Morgan fingerprint density at radius 1 is 1.07 bits per heavy atom. The van der Waals surface area contributed by atoms with Gasteiger partial charge in [0.2, 0.25) is 9.84 Å². The zero-order valence-corrected chi connectivity index (χ0v) is 17.7. The number of carbonyl (C=O) groups is 2. The maximum Gasteiger partial charge on any atom is 0.251 e. The molecule has 1 fully saturated rings. The van der Waals surface area contributed by atoms with Crippen LogP contribution in [0.4, 0.5) is 0 Å². The molecule has 2 aliphatic rings. The van der Waals surface area contributed by atoms with Crippen molar-refractivity contribution in [2.24, 2.45) is 0 Å². The Kier molecular flexibility index (Phi) is 5.48. The number of morpholine rings is 1. The highest BCUT2D eigenvalue weighted by molar-refractivity contribution is 7.91. The average molecular weight is 429 g/mol. The summed E-state index contributed by atoms with van der Waals surface area (Å²) < 4.78 is 31.7. The first-order chi connectivity index (χ1) is 14.3. The van der Waals surface area contributed by atoms with Crippen molar-refractivity contribution in [2.45, 2.75) is 35.8 Å². The lowest BCUT2D eigenvalue weighted by atomic mass is 10.0. The second-order valence-electron chi connectivity index (χ2n) is 7.81. The van der Waals surface area contributed by atoms with Crippen LogP contribution in [-0.4, -0.2) is 63.4 Å². The second kappa shape index (κ2) is 7.94. The van der Waals surface area contributed by atoms with Gasteiger partial charge in [-0.1, -0.05) is 12.1 Å². The SMILES string of the molecule is CC1CN(CCNC(=O)c2ccc3c(c2)S(=O)(=O)c2ccccc2C3=O)CC(C)O1. The Labute approximate surface area is 175 Å². The summed E-state index contributed by atoms with van der Waals surface area (Å²) in [6, 6.07) is 10.4. The van der Waals surface area contributed by atoms with E-state index in [1.165, 1.54) is 30.3 Å². The van der Waals surface area contributed by atoms with E-state index in [0.717, 1.165) is 13.1 Å². The van der Waals surface area contributed by atoms with Crippen LogP contribution >= 0.6 is 0 Å². The number of ether oxygens (including phenoxy) is 1. The van der Waals surface area contributed by atoms with Crippen molar-refractivity contribution >= 4 is 21.5 Å². The summed E-state index contributed by atoms with van der Waals surface area (Å²) in [5, 5.41) is 2.84. The van der Waals surface area contributed by atoms with E-state index in [9.17, 15) is 18.0 Å². The normalized spacial score (nSPS) is 22.8. The number of rotatable bonds is 4. The second-order valence-corrected chi connectivity index (χ2v) is 9.70. The molecule has 158 valence electrons. The van der Waals surface area contributed by atoms with E-state index in [0.29, 0.717) is 13.1 Å². The van der Waals surface area contributed by atoms with Crippen LogP contribution in [0.1, 0.15) is 40.1 Å². The standard InChI is InChI=1S/C22H24N2O5S/c1-14-12-24(13-15(2)29-14)10-9-23-22(26)16-7-8-18-20(11-16)30(27,28)19-6-4-3-5-17(19)21(18)25/h3-8,11,14-15H,9-10,12-13H2,1-2H3,(H,23,26). The van der Waals surface area contributed by atoms with Crippen LogP contribution in [0.3, 0.4) is 0 Å². The van der Waals surface area contributed by atoms with Gasteiger partial charge in [0.1, 0.15) is 0 Å². The van der Waals surface area contributed by atoms with Crippen LogP contribution in [0, 0.1) is 0 Å². The molecule has 4 rings (SSSR count). The number of sulfone groups is 1. The molecule has 2 atom stereocenters. The van der Waals surface area contributed by atoms with Crippen LogP contribution in [0.15, 0.2) is 52.3 Å². The van der Waals surface area contributed by atoms with Gasteiger partial charge in [-0.3, -0.25) is 14.5 Å². The number of amides is 1. The third kappa shape index (κ3) is 3.78. The maximum atomic E-state index is 13.0. The molecule has 0 spiro atoms. The zero-order valence-electron chi connectivity index (χ0n) is 16.9. The van der Waals surface area contributed by atoms with Gasteiger partial charge >= 0.3 is 0 Å². The molecule has 1 amide bonds. The molecule has 0 aliphatic carbocycles. The minimum Gasteiger partial charge on any atom is -0.373 e. The van der Waals surface area contributed by atoms with Gasteiger partial charge in [0.15, 0.2) is 5.78 Å². The summed E-state index contributed by atoms with van der Waals surface area (Å²) >= 11 is 0. The Balaban J connectivity index is 1.50. The average Bonchev–Trinajstić information content (AvgIpc) is 2.71. The van der Waals surface area contributed by atoms with Crippen LogP contribution in [0.2, 0.25) is 0 Å². The molecule has 0 saturated carbocycles. The first kappa shape index (κ1) is 20.7. The lowest BCUT2D eigenvalue weighted by Gasteiger charge is -2.35. The van der Waals surface area contributed by atoms with Crippen LogP contribution in [0.5, 0.6) is 0 Å². The summed E-state index contributed by atoms with van der Waals surface area (Å²) in [7, 11) is -3.86. The zero-order chi connectivity index (χ0) is 21.5. The van der Waals surface area contributed by atoms with E-state index in [1.54, 1.807) is 12.1 Å². The topological polar surface area (TPSA) is 92.8 Å². The number of hydrogen-bond acceptors (Lipinski definition) is 6. The van der Waals surface area contributed by atoms with Gasteiger partial charge in [0.05, 0.1) is 22.0 Å².